The van der Waals surface area contributed by atoms with E-state index in [0.29, 0.717) is 0 Å². The van der Waals surface area contributed by atoms with Crippen molar-refractivity contribution in [3.63, 3.8) is 0 Å². The van der Waals surface area contributed by atoms with Crippen molar-refractivity contribution in [2.75, 3.05) is 13.1 Å². The Labute approximate surface area is 91.9 Å². The van der Waals surface area contributed by atoms with Gasteiger partial charge in [0.25, 0.3) is 0 Å². The monoisotopic (exact) mass is 204 g/mol. The summed E-state index contributed by atoms with van der Waals surface area (Å²) in [6.07, 6.45) is 1.38. The smallest absolute Gasteiger partial charge is 0.0421 e. The summed E-state index contributed by atoms with van der Waals surface area (Å²) in [5, 5.41) is 3.45. The lowest BCUT2D eigenvalue weighted by Gasteiger charge is -2.12. The van der Waals surface area contributed by atoms with Crippen LogP contribution >= 0.6 is 0 Å². The van der Waals surface area contributed by atoms with Crippen LogP contribution in [-0.4, -0.2) is 13.1 Å². The van der Waals surface area contributed by atoms with Gasteiger partial charge in [-0.05, 0) is 30.4 Å². The van der Waals surface area contributed by atoms with Gasteiger partial charge in [-0.25, -0.2) is 0 Å². The highest BCUT2D eigenvalue weighted by molar-refractivity contribution is 5.18. The normalized spacial score (nSPS) is 26.3. The third-order valence-electron chi connectivity index (χ3n) is 3.27. The van der Waals surface area contributed by atoms with Crippen LogP contribution in [-0.2, 0) is 0 Å². The fourth-order valence-electron chi connectivity index (χ4n) is 1.93. The molecule has 3 unspecified atom stereocenters. The Morgan fingerprint density at radius 1 is 1.40 bits per heavy atom. The lowest BCUT2D eigenvalue weighted by Crippen LogP contribution is -2.28. The lowest BCUT2D eigenvalue weighted by molar-refractivity contribution is 0.561. The highest BCUT2D eigenvalue weighted by atomic mass is 14.9. The number of benzene rings is 1. The molecule has 0 spiro atoms. The summed E-state index contributed by atoms with van der Waals surface area (Å²) in [4.78, 5) is 0. The zero-order chi connectivity index (χ0) is 10.7. The highest BCUT2D eigenvalue weighted by Gasteiger charge is 2.31. The molecule has 0 amide bonds. The second-order valence-electron chi connectivity index (χ2n) is 4.65. The average molecular weight is 204 g/mol. The Morgan fingerprint density at radius 2 is 2.07 bits per heavy atom. The fourth-order valence-corrected chi connectivity index (χ4v) is 1.93. The van der Waals surface area contributed by atoms with Crippen molar-refractivity contribution >= 4 is 0 Å². The first-order valence-electron chi connectivity index (χ1n) is 5.78. The zero-order valence-corrected chi connectivity index (χ0v) is 9.32. The van der Waals surface area contributed by atoms with Crippen LogP contribution in [0.1, 0.15) is 24.9 Å². The Hall–Kier alpha value is -0.860. The van der Waals surface area contributed by atoms with Crippen molar-refractivity contribution in [1.82, 2.24) is 5.32 Å². The highest BCUT2D eigenvalue weighted by Crippen LogP contribution is 2.36. The molecule has 1 aromatic carbocycles. The van der Waals surface area contributed by atoms with E-state index in [2.05, 4.69) is 24.4 Å². The molecule has 2 heteroatoms. The molecule has 1 aromatic rings. The van der Waals surface area contributed by atoms with Gasteiger partial charge in [-0.2, -0.15) is 0 Å². The van der Waals surface area contributed by atoms with E-state index in [1.807, 2.05) is 18.2 Å². The number of nitrogens with two attached hydrogens (primary N) is 1. The van der Waals surface area contributed by atoms with Gasteiger partial charge < -0.3 is 11.1 Å². The Morgan fingerprint density at radius 3 is 2.67 bits per heavy atom. The van der Waals surface area contributed by atoms with Crippen LogP contribution in [0, 0.1) is 11.8 Å². The molecule has 2 rings (SSSR count). The topological polar surface area (TPSA) is 38.0 Å². The number of nitrogens with one attached hydrogen (secondary N) is 1. The van der Waals surface area contributed by atoms with E-state index in [4.69, 9.17) is 5.73 Å². The van der Waals surface area contributed by atoms with Gasteiger partial charge in [-0.15, -0.1) is 0 Å². The van der Waals surface area contributed by atoms with Gasteiger partial charge in [0.2, 0.25) is 0 Å². The molecule has 0 aliphatic heterocycles. The summed E-state index contributed by atoms with van der Waals surface area (Å²) >= 11 is 0. The summed E-state index contributed by atoms with van der Waals surface area (Å²) in [6, 6.07) is 10.4. The first-order chi connectivity index (χ1) is 7.27. The van der Waals surface area contributed by atoms with Crippen LogP contribution in [0.3, 0.4) is 0 Å². The van der Waals surface area contributed by atoms with E-state index in [9.17, 15) is 0 Å². The minimum atomic E-state index is 0.125. The van der Waals surface area contributed by atoms with Crippen molar-refractivity contribution in [3.8, 4) is 0 Å². The van der Waals surface area contributed by atoms with Gasteiger partial charge in [-0.3, -0.25) is 0 Å². The predicted octanol–water partition coefficient (Wildman–Crippen LogP) is 1.93. The van der Waals surface area contributed by atoms with E-state index in [1.54, 1.807) is 0 Å². The first-order valence-corrected chi connectivity index (χ1v) is 5.78. The zero-order valence-electron chi connectivity index (χ0n) is 9.32. The van der Waals surface area contributed by atoms with Gasteiger partial charge in [0.15, 0.2) is 0 Å². The molecule has 3 atom stereocenters. The molecular formula is C13H20N2. The average Bonchev–Trinajstić information content (AvgIpc) is 2.96. The molecule has 0 aromatic heterocycles. The molecule has 0 radical (unpaired) electrons. The Kier molecular flexibility index (Phi) is 3.39. The van der Waals surface area contributed by atoms with Crippen LogP contribution in [0.5, 0.6) is 0 Å². The van der Waals surface area contributed by atoms with Gasteiger partial charge in [-0.1, -0.05) is 37.3 Å². The van der Waals surface area contributed by atoms with E-state index in [1.165, 1.54) is 12.0 Å². The number of hydrogen-bond donors (Lipinski definition) is 2. The quantitative estimate of drug-likeness (QED) is 0.769. The SMILES string of the molecule is CC1CC1CNCC(N)c1ccccc1. The summed E-state index contributed by atoms with van der Waals surface area (Å²) in [7, 11) is 0. The van der Waals surface area contributed by atoms with Gasteiger partial charge in [0, 0.05) is 12.6 Å². The van der Waals surface area contributed by atoms with Crippen LogP contribution in [0.4, 0.5) is 0 Å². The number of rotatable bonds is 5. The molecule has 1 aliphatic rings. The predicted molar refractivity (Wildman–Crippen MR) is 63.5 cm³/mol. The molecule has 1 aliphatic carbocycles. The largest absolute Gasteiger partial charge is 0.323 e. The second kappa shape index (κ2) is 4.77. The van der Waals surface area contributed by atoms with Gasteiger partial charge in [0.1, 0.15) is 0 Å². The molecule has 3 N–H and O–H groups in total. The Balaban J connectivity index is 1.70. The van der Waals surface area contributed by atoms with Crippen LogP contribution in [0.15, 0.2) is 30.3 Å². The van der Waals surface area contributed by atoms with E-state index in [-0.39, 0.29) is 6.04 Å². The molecule has 0 heterocycles. The maximum Gasteiger partial charge on any atom is 0.0421 e. The van der Waals surface area contributed by atoms with Crippen LogP contribution in [0.25, 0.3) is 0 Å². The van der Waals surface area contributed by atoms with E-state index in [0.717, 1.165) is 24.9 Å². The van der Waals surface area contributed by atoms with Crippen LogP contribution in [0.2, 0.25) is 0 Å². The summed E-state index contributed by atoms with van der Waals surface area (Å²) < 4.78 is 0. The van der Waals surface area contributed by atoms with Gasteiger partial charge in [0.05, 0.1) is 0 Å². The van der Waals surface area contributed by atoms with Crippen molar-refractivity contribution in [2.24, 2.45) is 17.6 Å². The van der Waals surface area contributed by atoms with Gasteiger partial charge >= 0.3 is 0 Å². The summed E-state index contributed by atoms with van der Waals surface area (Å²) in [6.45, 7) is 4.32. The molecule has 15 heavy (non-hydrogen) atoms. The molecule has 1 fully saturated rings. The molecule has 0 bridgehead atoms. The van der Waals surface area contributed by atoms with Crippen molar-refractivity contribution < 1.29 is 0 Å². The third-order valence-corrected chi connectivity index (χ3v) is 3.27. The van der Waals surface area contributed by atoms with Crippen molar-refractivity contribution in [3.05, 3.63) is 35.9 Å². The summed E-state index contributed by atoms with van der Waals surface area (Å²) in [5.74, 6) is 1.82. The Bertz CT molecular complexity index is 297. The van der Waals surface area contributed by atoms with Crippen molar-refractivity contribution in [1.29, 1.82) is 0 Å². The third kappa shape index (κ3) is 3.05. The maximum atomic E-state index is 6.07. The second-order valence-corrected chi connectivity index (χ2v) is 4.65. The molecular weight excluding hydrogens is 184 g/mol. The van der Waals surface area contributed by atoms with Crippen LogP contribution < -0.4 is 11.1 Å². The number of hydrogen-bond acceptors (Lipinski definition) is 2. The minimum absolute atomic E-state index is 0.125. The summed E-state index contributed by atoms with van der Waals surface area (Å²) in [5.41, 5.74) is 7.29. The maximum absolute atomic E-state index is 6.07. The van der Waals surface area contributed by atoms with E-state index >= 15 is 0 Å². The molecule has 1 saturated carbocycles. The van der Waals surface area contributed by atoms with Crippen molar-refractivity contribution in [2.45, 2.75) is 19.4 Å². The first kappa shape index (κ1) is 10.7. The minimum Gasteiger partial charge on any atom is -0.323 e. The molecule has 2 nitrogen and oxygen atoms in total. The molecule has 0 saturated heterocycles. The van der Waals surface area contributed by atoms with E-state index < -0.39 is 0 Å². The lowest BCUT2D eigenvalue weighted by atomic mass is 10.1. The molecule has 82 valence electrons. The fraction of sp³-hybridized carbons (Fsp3) is 0.538. The standard InChI is InChI=1S/C13H20N2/c1-10-7-12(10)8-15-9-13(14)11-5-3-2-4-6-11/h2-6,10,12-13,15H,7-9,14H2,1H3.